The van der Waals surface area contributed by atoms with E-state index in [2.05, 4.69) is 89.7 Å². The highest BCUT2D eigenvalue weighted by molar-refractivity contribution is 6.75. The molecule has 1 N–H and O–H groups in total. The van der Waals surface area contributed by atoms with Crippen LogP contribution in [0.1, 0.15) is 103 Å². The Labute approximate surface area is 326 Å². The molecule has 0 rings (SSSR count). The zero-order valence-corrected chi connectivity index (χ0v) is 40.1. The van der Waals surface area contributed by atoms with Crippen LogP contribution in [0, 0.1) is 0 Å². The van der Waals surface area contributed by atoms with Gasteiger partial charge < -0.3 is 22.8 Å². The Bertz CT molecular complexity index is 1100. The Morgan fingerprint density at radius 1 is 0.596 bits per heavy atom. The number of carbonyl (C=O) groups is 1. The molecule has 0 aliphatic rings. The average molecular weight is 795 g/mol. The third kappa shape index (κ3) is 14.5. The van der Waals surface area contributed by atoms with Crippen molar-refractivity contribution in [1.82, 2.24) is 0 Å². The zero-order valence-electron chi connectivity index (χ0n) is 36.1. The highest BCUT2D eigenvalue weighted by Gasteiger charge is 2.47. The van der Waals surface area contributed by atoms with Crippen molar-refractivity contribution in [3.63, 3.8) is 0 Å². The van der Waals surface area contributed by atoms with Crippen LogP contribution in [0.2, 0.25) is 72.5 Å². The number of rotatable bonds is 31. The van der Waals surface area contributed by atoms with Gasteiger partial charge in [0, 0.05) is 6.08 Å². The molecule has 0 unspecified atom stereocenters. The molecule has 0 saturated heterocycles. The first-order chi connectivity index (χ1) is 24.6. The van der Waals surface area contributed by atoms with E-state index < -0.39 is 51.4 Å². The van der Waals surface area contributed by atoms with E-state index in [-0.39, 0.29) is 12.2 Å². The molecular weight excluding hydrogens is 713 g/mol. The van der Waals surface area contributed by atoms with Crippen LogP contribution in [0.5, 0.6) is 0 Å². The molecule has 6 nitrogen and oxygen atoms in total. The molecule has 52 heavy (non-hydrogen) atoms. The number of aliphatic carboxylic acids is 1. The summed E-state index contributed by atoms with van der Waals surface area (Å²) in [4.78, 5) is 11.3. The minimum absolute atomic E-state index is 0.219. The van der Waals surface area contributed by atoms with E-state index in [0.29, 0.717) is 18.4 Å². The standard InChI is InChI=1S/C42H82O6Si4/c1-17-31-38(45-49(18-2,19-3)20-4)41(47-51(24-8,25-9)26-10)37(16)42(48-52(27-11,28-12)29-13)40(46-50(21-5,22-6)23-7)36(15)33-30-32-35(14)34-39(43)44/h17,30,32,34,38,40-42H,1,15-16,18-29,31,33H2,2-14H3,(H,43,44)/b32-30+,35-34+/t38-,40+,41-,42+/m0/s1. The topological polar surface area (TPSA) is 74.2 Å². The fourth-order valence-electron chi connectivity index (χ4n) is 7.53. The first kappa shape index (κ1) is 50.9. The van der Waals surface area contributed by atoms with Gasteiger partial charge in [0.1, 0.15) is 0 Å². The second-order valence-electron chi connectivity index (χ2n) is 14.8. The van der Waals surface area contributed by atoms with Crippen LogP contribution >= 0.6 is 0 Å². The first-order valence-corrected chi connectivity index (χ1v) is 31.0. The van der Waals surface area contributed by atoms with Crippen molar-refractivity contribution in [3.05, 3.63) is 60.8 Å². The van der Waals surface area contributed by atoms with Gasteiger partial charge in [0.15, 0.2) is 33.3 Å². The van der Waals surface area contributed by atoms with Gasteiger partial charge >= 0.3 is 5.97 Å². The molecule has 0 aromatic rings. The summed E-state index contributed by atoms with van der Waals surface area (Å²) in [5, 5.41) is 9.30. The van der Waals surface area contributed by atoms with E-state index in [9.17, 15) is 9.90 Å². The summed E-state index contributed by atoms with van der Waals surface area (Å²) in [7, 11) is -8.66. The smallest absolute Gasteiger partial charge is 0.328 e. The third-order valence-electron chi connectivity index (χ3n) is 12.5. The number of hydrogen-bond acceptors (Lipinski definition) is 5. The van der Waals surface area contributed by atoms with Crippen molar-refractivity contribution in [2.75, 3.05) is 0 Å². The molecule has 4 atom stereocenters. The van der Waals surface area contributed by atoms with E-state index in [4.69, 9.17) is 30.9 Å². The molecule has 10 heteroatoms. The van der Waals surface area contributed by atoms with E-state index in [1.165, 1.54) is 6.08 Å². The van der Waals surface area contributed by atoms with Crippen LogP contribution in [-0.2, 0) is 22.5 Å². The number of carboxylic acids is 1. The monoisotopic (exact) mass is 795 g/mol. The lowest BCUT2D eigenvalue weighted by Crippen LogP contribution is -2.55. The summed E-state index contributed by atoms with van der Waals surface area (Å²) in [5.74, 6) is -0.953. The molecule has 0 radical (unpaired) electrons. The van der Waals surface area contributed by atoms with Gasteiger partial charge in [-0.1, -0.05) is 114 Å². The lowest BCUT2D eigenvalue weighted by molar-refractivity contribution is -0.131. The van der Waals surface area contributed by atoms with Crippen molar-refractivity contribution in [3.8, 4) is 0 Å². The summed E-state index contributed by atoms with van der Waals surface area (Å²) < 4.78 is 30.2. The second kappa shape index (κ2) is 25.1. The number of allylic oxidation sites excluding steroid dienone is 3. The maximum atomic E-state index is 11.3. The second-order valence-corrected chi connectivity index (χ2v) is 33.7. The fraction of sp³-hybridized carbons (Fsp3) is 0.738. The largest absolute Gasteiger partial charge is 0.478 e. The Morgan fingerprint density at radius 2 is 0.942 bits per heavy atom. The first-order valence-electron chi connectivity index (χ1n) is 20.8. The van der Waals surface area contributed by atoms with Crippen LogP contribution in [-0.4, -0.2) is 68.8 Å². The summed E-state index contributed by atoms with van der Waals surface area (Å²) >= 11 is 0. The molecule has 0 aromatic carbocycles. The predicted molar refractivity (Wildman–Crippen MR) is 237 cm³/mol. The maximum Gasteiger partial charge on any atom is 0.328 e. The quantitative estimate of drug-likeness (QED) is 0.0326. The van der Waals surface area contributed by atoms with Crippen molar-refractivity contribution < 1.29 is 27.6 Å². The summed E-state index contributed by atoms with van der Waals surface area (Å²) in [5.41, 5.74) is 2.52. The van der Waals surface area contributed by atoms with Crippen molar-refractivity contribution in [2.24, 2.45) is 0 Å². The van der Waals surface area contributed by atoms with Gasteiger partial charge in [-0.25, -0.2) is 4.79 Å². The molecule has 0 bridgehead atoms. The normalized spacial score (nSPS) is 15.8. The Kier molecular flexibility index (Phi) is 24.6. The molecule has 0 spiro atoms. The maximum absolute atomic E-state index is 11.3. The Morgan fingerprint density at radius 3 is 1.29 bits per heavy atom. The zero-order chi connectivity index (χ0) is 40.2. The molecule has 0 aromatic heterocycles. The summed E-state index contributed by atoms with van der Waals surface area (Å²) in [6.45, 7) is 43.0. The van der Waals surface area contributed by atoms with E-state index in [0.717, 1.165) is 83.7 Å². The summed E-state index contributed by atoms with van der Waals surface area (Å²) in [6, 6.07) is 12.2. The predicted octanol–water partition coefficient (Wildman–Crippen LogP) is 13.2. The van der Waals surface area contributed by atoms with Gasteiger partial charge in [-0.15, -0.1) is 6.58 Å². The van der Waals surface area contributed by atoms with Crippen molar-refractivity contribution in [1.29, 1.82) is 0 Å². The highest BCUT2D eigenvalue weighted by atomic mass is 28.4. The van der Waals surface area contributed by atoms with Gasteiger partial charge in [0.2, 0.25) is 0 Å². The van der Waals surface area contributed by atoms with Crippen molar-refractivity contribution >= 4 is 39.2 Å². The third-order valence-corrected chi connectivity index (χ3v) is 31.0. The Balaban J connectivity index is 8.01. The molecule has 0 fully saturated rings. The molecular formula is C42H82O6Si4. The molecule has 0 saturated carbocycles. The van der Waals surface area contributed by atoms with Crippen LogP contribution in [0.25, 0.3) is 0 Å². The van der Waals surface area contributed by atoms with Gasteiger partial charge in [-0.3, -0.25) is 0 Å². The fourth-order valence-corrected chi connectivity index (χ4v) is 18.9. The van der Waals surface area contributed by atoms with Gasteiger partial charge in [-0.05, 0) is 109 Å². The molecule has 0 heterocycles. The molecule has 0 aliphatic carbocycles. The van der Waals surface area contributed by atoms with Gasteiger partial charge in [0.25, 0.3) is 0 Å². The van der Waals surface area contributed by atoms with E-state index in [1.807, 2.05) is 18.2 Å². The van der Waals surface area contributed by atoms with Crippen molar-refractivity contribution in [2.45, 2.75) is 200 Å². The number of hydrogen-bond donors (Lipinski definition) is 1. The van der Waals surface area contributed by atoms with Gasteiger partial charge in [-0.2, -0.15) is 0 Å². The van der Waals surface area contributed by atoms with Crippen LogP contribution in [0.3, 0.4) is 0 Å². The van der Waals surface area contributed by atoms with Crippen LogP contribution in [0.4, 0.5) is 0 Å². The van der Waals surface area contributed by atoms with Crippen LogP contribution in [0.15, 0.2) is 60.8 Å². The minimum Gasteiger partial charge on any atom is -0.478 e. The van der Waals surface area contributed by atoms with Gasteiger partial charge in [0.05, 0.1) is 24.4 Å². The summed E-state index contributed by atoms with van der Waals surface area (Å²) in [6.07, 6.45) is 6.83. The lowest BCUT2D eigenvalue weighted by atomic mass is 9.92. The number of carboxylic acid groups (broad SMARTS) is 1. The molecule has 0 amide bonds. The van der Waals surface area contributed by atoms with E-state index in [1.54, 1.807) is 6.92 Å². The van der Waals surface area contributed by atoms with E-state index >= 15 is 0 Å². The average Bonchev–Trinajstić information content (AvgIpc) is 3.16. The lowest BCUT2D eigenvalue weighted by Gasteiger charge is -2.47. The highest BCUT2D eigenvalue weighted by Crippen LogP contribution is 2.39. The minimum atomic E-state index is -2.23. The Hall–Kier alpha value is -1.12. The molecule has 302 valence electrons. The molecule has 0 aliphatic heterocycles. The SMILES string of the molecule is C=CC[C@H](O[Si](CC)(CC)CC)[C@@H](O[Si](CC)(CC)CC)C(=C)[C@@H](O[Si](CC)(CC)CC)[C@H](O[Si](CC)(CC)CC)C(=C)C/C=C/C(C)=C/C(=O)O. The van der Waals surface area contributed by atoms with Crippen LogP contribution < -0.4 is 0 Å².